The van der Waals surface area contributed by atoms with E-state index in [-0.39, 0.29) is 6.04 Å². The van der Waals surface area contributed by atoms with Crippen LogP contribution in [0.2, 0.25) is 0 Å². The summed E-state index contributed by atoms with van der Waals surface area (Å²) in [5, 5.41) is 17.5. The van der Waals surface area contributed by atoms with Gasteiger partial charge in [-0.3, -0.25) is 0 Å². The monoisotopic (exact) mass is 457 g/mol. The van der Waals surface area contributed by atoms with Crippen molar-refractivity contribution in [2.45, 2.75) is 25.1 Å². The fraction of sp³-hybridized carbons (Fsp3) is 0.240. The minimum absolute atomic E-state index is 0.158. The number of aliphatic hydroxyl groups is 1. The lowest BCUT2D eigenvalue weighted by molar-refractivity contribution is 0.0403. The lowest BCUT2D eigenvalue weighted by Crippen LogP contribution is -2.48. The van der Waals surface area contributed by atoms with Gasteiger partial charge in [-0.05, 0) is 55.3 Å². The van der Waals surface area contributed by atoms with Crippen molar-refractivity contribution in [2.75, 3.05) is 18.8 Å². The Hall–Kier alpha value is -3.79. The second kappa shape index (κ2) is 9.60. The van der Waals surface area contributed by atoms with E-state index >= 15 is 0 Å². The predicted octanol–water partition coefficient (Wildman–Crippen LogP) is 3.51. The maximum Gasteiger partial charge on any atom is 0.164 e. The zero-order valence-electron chi connectivity index (χ0n) is 18.7. The summed E-state index contributed by atoms with van der Waals surface area (Å²) in [6.07, 6.45) is 3.89. The predicted molar refractivity (Wildman–Crippen MR) is 131 cm³/mol. The van der Waals surface area contributed by atoms with Crippen molar-refractivity contribution < 1.29 is 9.84 Å². The molecule has 2 aromatic heterocycles. The van der Waals surface area contributed by atoms with Gasteiger partial charge in [0.15, 0.2) is 5.65 Å². The van der Waals surface area contributed by atoms with Crippen LogP contribution in [0.25, 0.3) is 22.3 Å². The van der Waals surface area contributed by atoms with Gasteiger partial charge in [0.05, 0.1) is 11.4 Å². The number of hydrogen-bond donors (Lipinski definition) is 3. The first-order valence-corrected chi connectivity index (χ1v) is 11.3. The van der Waals surface area contributed by atoms with Gasteiger partial charge in [-0.2, -0.15) is 5.10 Å². The van der Waals surface area contributed by atoms with E-state index in [4.69, 9.17) is 15.6 Å². The number of piperidine rings is 1. The number of benzene rings is 2. The lowest BCUT2D eigenvalue weighted by Gasteiger charge is -2.33. The second-order valence-corrected chi connectivity index (χ2v) is 8.22. The Balaban J connectivity index is 1.41. The average molecular weight is 458 g/mol. The summed E-state index contributed by atoms with van der Waals surface area (Å²) in [4.78, 5) is 8.73. The third-order valence-corrected chi connectivity index (χ3v) is 5.97. The Morgan fingerprint density at radius 3 is 2.47 bits per heavy atom. The van der Waals surface area contributed by atoms with Crippen LogP contribution in [0.1, 0.15) is 18.9 Å². The van der Waals surface area contributed by atoms with Gasteiger partial charge in [0.2, 0.25) is 0 Å². The number of hydrazine groups is 1. The molecule has 3 heterocycles. The van der Waals surface area contributed by atoms with Crippen molar-refractivity contribution >= 4 is 16.9 Å². The van der Waals surface area contributed by atoms with Crippen LogP contribution in [0, 0.1) is 0 Å². The Labute approximate surface area is 197 Å². The number of aromatic nitrogens is 4. The molecule has 5 rings (SSSR count). The Morgan fingerprint density at radius 2 is 1.76 bits per heavy atom. The Morgan fingerprint density at radius 1 is 1.06 bits per heavy atom. The van der Waals surface area contributed by atoms with Gasteiger partial charge in [0.1, 0.15) is 35.6 Å². The number of ether oxygens (including phenoxy) is 1. The third-order valence-electron chi connectivity index (χ3n) is 5.97. The molecule has 9 nitrogen and oxygen atoms in total. The van der Waals surface area contributed by atoms with E-state index in [1.807, 2.05) is 64.3 Å². The minimum atomic E-state index is -0.755. The third kappa shape index (κ3) is 4.49. The highest BCUT2D eigenvalue weighted by atomic mass is 16.5. The summed E-state index contributed by atoms with van der Waals surface area (Å²) >= 11 is 0. The standard InChI is InChI=1S/C25H27N7O2/c1-2-21(33)29-31-14-12-18(13-15-31)32-25-22(24(26)27-16-28-25)23(30-32)17-8-10-20(11-9-17)34-19-6-4-3-5-7-19/h2-11,16,18,21,29,33H,1,12-15H2,(H2,26,27,28). The maximum atomic E-state index is 9.77. The molecule has 1 aliphatic heterocycles. The molecule has 1 aliphatic rings. The molecule has 174 valence electrons. The fourth-order valence-corrected chi connectivity index (χ4v) is 4.24. The van der Waals surface area contributed by atoms with Crippen molar-refractivity contribution in [1.82, 2.24) is 30.2 Å². The van der Waals surface area contributed by atoms with Crippen molar-refractivity contribution in [3.63, 3.8) is 0 Å². The first-order valence-electron chi connectivity index (χ1n) is 11.3. The SMILES string of the molecule is C=CC(O)NN1CCC(n2nc(-c3ccc(Oc4ccccc4)cc3)c3c(N)ncnc32)CC1. The first kappa shape index (κ1) is 22.0. The van der Waals surface area contributed by atoms with Crippen LogP contribution in [0.15, 0.2) is 73.6 Å². The zero-order valence-corrected chi connectivity index (χ0v) is 18.7. The molecule has 0 aliphatic carbocycles. The second-order valence-electron chi connectivity index (χ2n) is 8.22. The fourth-order valence-electron chi connectivity index (χ4n) is 4.24. The van der Waals surface area contributed by atoms with Crippen LogP contribution < -0.4 is 15.9 Å². The van der Waals surface area contributed by atoms with Gasteiger partial charge in [-0.25, -0.2) is 25.1 Å². The summed E-state index contributed by atoms with van der Waals surface area (Å²) in [5.41, 5.74) is 11.7. The Bertz CT molecular complexity index is 1270. The molecule has 0 saturated carbocycles. The van der Waals surface area contributed by atoms with Crippen molar-refractivity contribution in [1.29, 1.82) is 0 Å². The Kier molecular flexibility index (Phi) is 6.22. The zero-order chi connectivity index (χ0) is 23.5. The quantitative estimate of drug-likeness (QED) is 0.285. The van der Waals surface area contributed by atoms with Crippen LogP contribution in [-0.2, 0) is 0 Å². The number of fused-ring (bicyclic) bond motifs is 1. The van der Waals surface area contributed by atoms with E-state index in [2.05, 4.69) is 22.0 Å². The lowest BCUT2D eigenvalue weighted by atomic mass is 10.1. The summed E-state index contributed by atoms with van der Waals surface area (Å²) in [7, 11) is 0. The largest absolute Gasteiger partial charge is 0.457 e. The number of aliphatic hydroxyl groups excluding tert-OH is 1. The van der Waals surface area contributed by atoms with Crippen molar-refractivity contribution in [3.05, 3.63) is 73.6 Å². The molecule has 1 saturated heterocycles. The summed E-state index contributed by atoms with van der Waals surface area (Å²) in [6, 6.07) is 17.6. The molecule has 0 spiro atoms. The minimum Gasteiger partial charge on any atom is -0.457 e. The highest BCUT2D eigenvalue weighted by Gasteiger charge is 2.26. The number of para-hydroxylation sites is 1. The van der Waals surface area contributed by atoms with Gasteiger partial charge in [-0.15, -0.1) is 0 Å². The van der Waals surface area contributed by atoms with Crippen LogP contribution in [0.4, 0.5) is 5.82 Å². The van der Waals surface area contributed by atoms with Crippen LogP contribution in [0.5, 0.6) is 11.5 Å². The number of nitrogens with zero attached hydrogens (tertiary/aromatic N) is 5. The molecular weight excluding hydrogens is 430 g/mol. The molecule has 0 amide bonds. The van der Waals surface area contributed by atoms with E-state index in [0.29, 0.717) is 5.82 Å². The van der Waals surface area contributed by atoms with E-state index in [1.165, 1.54) is 12.4 Å². The maximum absolute atomic E-state index is 9.77. The molecule has 34 heavy (non-hydrogen) atoms. The molecule has 9 heteroatoms. The highest BCUT2D eigenvalue weighted by Crippen LogP contribution is 2.35. The molecule has 0 bridgehead atoms. The van der Waals surface area contributed by atoms with Crippen molar-refractivity contribution in [3.8, 4) is 22.8 Å². The molecular formula is C25H27N7O2. The number of nitrogens with one attached hydrogen (secondary N) is 1. The topological polar surface area (TPSA) is 114 Å². The summed E-state index contributed by atoms with van der Waals surface area (Å²) in [6.45, 7) is 5.13. The molecule has 2 aromatic carbocycles. The smallest absolute Gasteiger partial charge is 0.164 e. The van der Waals surface area contributed by atoms with Crippen LogP contribution in [-0.4, -0.2) is 49.2 Å². The van der Waals surface area contributed by atoms with Gasteiger partial charge >= 0.3 is 0 Å². The van der Waals surface area contributed by atoms with Gasteiger partial charge in [0, 0.05) is 18.7 Å². The number of nitrogens with two attached hydrogens (primary N) is 1. The number of rotatable bonds is 7. The number of anilines is 1. The molecule has 1 fully saturated rings. The van der Waals surface area contributed by atoms with Crippen molar-refractivity contribution in [2.24, 2.45) is 0 Å². The molecule has 1 atom stereocenters. The van der Waals surface area contributed by atoms with E-state index in [9.17, 15) is 5.11 Å². The highest BCUT2D eigenvalue weighted by molar-refractivity contribution is 5.98. The van der Waals surface area contributed by atoms with E-state index < -0.39 is 6.23 Å². The summed E-state index contributed by atoms with van der Waals surface area (Å²) in [5.74, 6) is 1.93. The molecule has 4 N–H and O–H groups in total. The summed E-state index contributed by atoms with van der Waals surface area (Å²) < 4.78 is 7.89. The van der Waals surface area contributed by atoms with Gasteiger partial charge in [-0.1, -0.05) is 24.8 Å². The van der Waals surface area contributed by atoms with Crippen LogP contribution in [0.3, 0.4) is 0 Å². The number of hydrogen-bond acceptors (Lipinski definition) is 8. The van der Waals surface area contributed by atoms with E-state index in [1.54, 1.807) is 0 Å². The molecule has 4 aromatic rings. The van der Waals surface area contributed by atoms with E-state index in [0.717, 1.165) is 59.7 Å². The van der Waals surface area contributed by atoms with Gasteiger partial charge < -0.3 is 15.6 Å². The average Bonchev–Trinajstić information content (AvgIpc) is 3.26. The molecule has 0 radical (unpaired) electrons. The van der Waals surface area contributed by atoms with Gasteiger partial charge in [0.25, 0.3) is 0 Å². The molecule has 1 unspecified atom stereocenters. The number of nitrogen functional groups attached to an aromatic ring is 1. The normalized spacial score (nSPS) is 15.9. The van der Waals surface area contributed by atoms with Crippen LogP contribution >= 0.6 is 0 Å². The first-order chi connectivity index (χ1) is 16.6.